The van der Waals surface area contributed by atoms with Crippen molar-refractivity contribution in [2.24, 2.45) is 0 Å². The van der Waals surface area contributed by atoms with Crippen LogP contribution in [-0.2, 0) is 0 Å². The van der Waals surface area contributed by atoms with E-state index in [-0.39, 0.29) is 22.3 Å². The number of amides is 1. The first-order valence-electron chi connectivity index (χ1n) is 10.3. The van der Waals surface area contributed by atoms with Gasteiger partial charge in [-0.2, -0.15) is 0 Å². The van der Waals surface area contributed by atoms with E-state index in [1.54, 1.807) is 30.3 Å². The first kappa shape index (κ1) is 21.4. The number of ether oxygens (including phenoxy) is 3. The second-order valence-electron chi connectivity index (χ2n) is 7.53. The normalized spacial score (nSPS) is 14.9. The number of fused-ring (bicyclic) bond motifs is 2. The van der Waals surface area contributed by atoms with Crippen LogP contribution in [-0.4, -0.2) is 32.2 Å². The molecule has 0 aliphatic carbocycles. The molecule has 2 aromatic heterocycles. The highest BCUT2D eigenvalue weighted by Gasteiger charge is 2.45. The Morgan fingerprint density at radius 3 is 2.35 bits per heavy atom. The van der Waals surface area contributed by atoms with Crippen molar-refractivity contribution in [2.75, 3.05) is 26.2 Å². The van der Waals surface area contributed by atoms with E-state index >= 15 is 0 Å². The van der Waals surface area contributed by atoms with Crippen molar-refractivity contribution < 1.29 is 27.8 Å². The van der Waals surface area contributed by atoms with Gasteiger partial charge in [0.2, 0.25) is 5.76 Å². The van der Waals surface area contributed by atoms with E-state index in [1.165, 1.54) is 44.6 Å². The number of halogens is 1. The first-order chi connectivity index (χ1) is 16.5. The summed E-state index contributed by atoms with van der Waals surface area (Å²) in [6.07, 6.45) is 1.54. The third-order valence-electron chi connectivity index (χ3n) is 5.76. The van der Waals surface area contributed by atoms with E-state index in [9.17, 15) is 14.0 Å². The molecule has 0 bridgehead atoms. The van der Waals surface area contributed by atoms with Crippen molar-refractivity contribution in [1.82, 2.24) is 4.98 Å². The van der Waals surface area contributed by atoms with E-state index < -0.39 is 23.2 Å². The summed E-state index contributed by atoms with van der Waals surface area (Å²) in [5, 5.41) is 0.0267. The van der Waals surface area contributed by atoms with E-state index in [0.717, 1.165) is 6.07 Å². The summed E-state index contributed by atoms with van der Waals surface area (Å²) < 4.78 is 36.3. The maximum absolute atomic E-state index is 14.0. The molecule has 172 valence electrons. The Labute approximate surface area is 193 Å². The van der Waals surface area contributed by atoms with Crippen molar-refractivity contribution in [3.8, 4) is 17.2 Å². The lowest BCUT2D eigenvalue weighted by Gasteiger charge is -2.26. The zero-order valence-corrected chi connectivity index (χ0v) is 18.5. The molecule has 1 unspecified atom stereocenters. The van der Waals surface area contributed by atoms with Crippen molar-refractivity contribution in [3.05, 3.63) is 87.7 Å². The Morgan fingerprint density at radius 1 is 0.941 bits per heavy atom. The number of methoxy groups -OCH3 is 3. The Morgan fingerprint density at radius 2 is 1.68 bits per heavy atom. The summed E-state index contributed by atoms with van der Waals surface area (Å²) >= 11 is 0. The van der Waals surface area contributed by atoms with Crippen LogP contribution in [0.2, 0.25) is 0 Å². The topological polar surface area (TPSA) is 91.1 Å². The molecule has 1 aliphatic heterocycles. The molecule has 0 spiro atoms. The molecule has 1 amide bonds. The lowest BCUT2D eigenvalue weighted by atomic mass is 9.97. The van der Waals surface area contributed by atoms with Crippen molar-refractivity contribution in [3.63, 3.8) is 0 Å². The minimum absolute atomic E-state index is 0.0267. The summed E-state index contributed by atoms with van der Waals surface area (Å²) in [5.41, 5.74) is 0.0870. The summed E-state index contributed by atoms with van der Waals surface area (Å²) in [4.78, 5) is 32.9. The number of rotatable bonds is 5. The fraction of sp³-hybridized carbons (Fsp3) is 0.160. The predicted molar refractivity (Wildman–Crippen MR) is 121 cm³/mol. The summed E-state index contributed by atoms with van der Waals surface area (Å²) in [5.74, 6) is 0.140. The van der Waals surface area contributed by atoms with Crippen LogP contribution in [0.25, 0.3) is 11.0 Å². The van der Waals surface area contributed by atoms with Crippen LogP contribution in [0.4, 0.5) is 10.2 Å². The molecule has 0 saturated heterocycles. The molecule has 0 fully saturated rings. The van der Waals surface area contributed by atoms with Crippen LogP contribution in [0.15, 0.2) is 63.9 Å². The molecule has 4 aromatic rings. The van der Waals surface area contributed by atoms with Gasteiger partial charge in [-0.3, -0.25) is 14.5 Å². The SMILES string of the molecule is COc1cc(OC)c(C2c3c(oc4ccc(F)cc4c3=O)C(=O)N2c2ccccn2)cc1OC. The highest BCUT2D eigenvalue weighted by Crippen LogP contribution is 2.46. The number of nitrogens with zero attached hydrogens (tertiary/aromatic N) is 2. The van der Waals surface area contributed by atoms with Gasteiger partial charge in [-0.25, -0.2) is 9.37 Å². The van der Waals surface area contributed by atoms with Gasteiger partial charge in [0.15, 0.2) is 16.9 Å². The van der Waals surface area contributed by atoms with Gasteiger partial charge in [0.05, 0.1) is 32.3 Å². The minimum Gasteiger partial charge on any atom is -0.496 e. The van der Waals surface area contributed by atoms with Gasteiger partial charge in [-0.1, -0.05) is 6.07 Å². The zero-order chi connectivity index (χ0) is 24.0. The highest BCUT2D eigenvalue weighted by molar-refractivity contribution is 6.10. The number of anilines is 1. The highest BCUT2D eigenvalue weighted by atomic mass is 19.1. The Kier molecular flexibility index (Phi) is 5.16. The van der Waals surface area contributed by atoms with Crippen LogP contribution in [0.5, 0.6) is 17.2 Å². The number of hydrogen-bond acceptors (Lipinski definition) is 7. The molecule has 34 heavy (non-hydrogen) atoms. The molecule has 1 atom stereocenters. The first-order valence-corrected chi connectivity index (χ1v) is 10.3. The molecule has 1 aliphatic rings. The fourth-order valence-electron chi connectivity index (χ4n) is 4.24. The maximum Gasteiger partial charge on any atom is 0.296 e. The van der Waals surface area contributed by atoms with Crippen molar-refractivity contribution in [2.45, 2.75) is 6.04 Å². The van der Waals surface area contributed by atoms with Gasteiger partial charge >= 0.3 is 0 Å². The molecular weight excluding hydrogens is 443 g/mol. The second kappa shape index (κ2) is 8.18. The fourth-order valence-corrected chi connectivity index (χ4v) is 4.24. The smallest absolute Gasteiger partial charge is 0.296 e. The number of benzene rings is 2. The van der Waals surface area contributed by atoms with E-state index in [2.05, 4.69) is 4.98 Å². The third-order valence-corrected chi connectivity index (χ3v) is 5.76. The van der Waals surface area contributed by atoms with Gasteiger partial charge in [0, 0.05) is 17.8 Å². The largest absolute Gasteiger partial charge is 0.496 e. The van der Waals surface area contributed by atoms with Crippen molar-refractivity contribution >= 4 is 22.7 Å². The molecular formula is C25H19FN2O6. The van der Waals surface area contributed by atoms with E-state index in [4.69, 9.17) is 18.6 Å². The monoisotopic (exact) mass is 462 g/mol. The maximum atomic E-state index is 14.0. The molecule has 0 N–H and O–H groups in total. The average molecular weight is 462 g/mol. The van der Waals surface area contributed by atoms with E-state index in [0.29, 0.717) is 28.6 Å². The van der Waals surface area contributed by atoms with Crippen LogP contribution >= 0.6 is 0 Å². The molecule has 2 aromatic carbocycles. The zero-order valence-electron chi connectivity index (χ0n) is 18.5. The third kappa shape index (κ3) is 3.16. The summed E-state index contributed by atoms with van der Waals surface area (Å²) in [6.45, 7) is 0. The summed E-state index contributed by atoms with van der Waals surface area (Å²) in [6, 6.07) is 10.9. The van der Waals surface area contributed by atoms with Gasteiger partial charge in [0.25, 0.3) is 5.91 Å². The number of carbonyl (C=O) groups is 1. The van der Waals surface area contributed by atoms with Gasteiger partial charge in [0.1, 0.15) is 29.0 Å². The predicted octanol–water partition coefficient (Wildman–Crippen LogP) is 4.10. The van der Waals surface area contributed by atoms with Gasteiger partial charge in [-0.05, 0) is 36.4 Å². The standard InChI is InChI=1S/C25H19FN2O6/c1-31-17-12-19(33-3)18(32-2)11-14(17)22-21-23(29)15-10-13(26)7-8-16(15)34-24(21)25(30)28(22)20-6-4-5-9-27-20/h4-12,22H,1-3H3. The lowest BCUT2D eigenvalue weighted by molar-refractivity contribution is 0.0970. The molecule has 0 saturated carbocycles. The van der Waals surface area contributed by atoms with Crippen molar-refractivity contribution in [1.29, 1.82) is 0 Å². The molecule has 0 radical (unpaired) electrons. The van der Waals surface area contributed by atoms with E-state index in [1.807, 2.05) is 0 Å². The molecule has 8 nitrogen and oxygen atoms in total. The number of carbonyl (C=O) groups excluding carboxylic acids is 1. The molecule has 9 heteroatoms. The molecule has 5 rings (SSSR count). The van der Waals surface area contributed by atoms with Crippen LogP contribution in [0.1, 0.15) is 27.7 Å². The summed E-state index contributed by atoms with van der Waals surface area (Å²) in [7, 11) is 4.43. The minimum atomic E-state index is -0.976. The van der Waals surface area contributed by atoms with Gasteiger partial charge < -0.3 is 18.6 Å². The van der Waals surface area contributed by atoms with Gasteiger partial charge in [-0.15, -0.1) is 0 Å². The van der Waals surface area contributed by atoms with Crippen LogP contribution in [0.3, 0.4) is 0 Å². The average Bonchev–Trinajstić information content (AvgIpc) is 3.16. The van der Waals surface area contributed by atoms with Crippen LogP contribution < -0.4 is 24.5 Å². The van der Waals surface area contributed by atoms with Crippen LogP contribution in [0, 0.1) is 5.82 Å². The Bertz CT molecular complexity index is 1480. The second-order valence-corrected chi connectivity index (χ2v) is 7.53. The molecule has 3 heterocycles. The Balaban J connectivity index is 1.86. The number of pyridine rings is 1. The lowest BCUT2D eigenvalue weighted by Crippen LogP contribution is -2.30. The number of aromatic nitrogens is 1. The quantitative estimate of drug-likeness (QED) is 0.441. The Hall–Kier alpha value is -4.40. The number of hydrogen-bond donors (Lipinski definition) is 0.